The second kappa shape index (κ2) is 6.01. The van der Waals surface area contributed by atoms with Crippen molar-refractivity contribution in [2.24, 2.45) is 0 Å². The zero-order valence-corrected chi connectivity index (χ0v) is 11.0. The lowest BCUT2D eigenvalue weighted by atomic mass is 10.1. The SMILES string of the molecule is CCCC(Br)c1ccc(OC)c(OC)c1. The van der Waals surface area contributed by atoms with E-state index in [4.69, 9.17) is 9.47 Å². The molecule has 3 heteroatoms. The quantitative estimate of drug-likeness (QED) is 0.756. The van der Waals surface area contributed by atoms with Gasteiger partial charge in [-0.3, -0.25) is 0 Å². The van der Waals surface area contributed by atoms with Crippen molar-refractivity contribution < 1.29 is 9.47 Å². The Hall–Kier alpha value is -0.700. The average molecular weight is 273 g/mol. The molecule has 0 fully saturated rings. The van der Waals surface area contributed by atoms with E-state index in [2.05, 4.69) is 28.9 Å². The summed E-state index contributed by atoms with van der Waals surface area (Å²) in [6.45, 7) is 2.18. The van der Waals surface area contributed by atoms with Crippen molar-refractivity contribution in [3.05, 3.63) is 23.8 Å². The molecule has 0 N–H and O–H groups in total. The Morgan fingerprint density at radius 2 is 1.87 bits per heavy atom. The van der Waals surface area contributed by atoms with Crippen LogP contribution in [0, 0.1) is 0 Å². The van der Waals surface area contributed by atoms with Crippen LogP contribution in [0.1, 0.15) is 30.2 Å². The van der Waals surface area contributed by atoms with Crippen LogP contribution < -0.4 is 9.47 Å². The summed E-state index contributed by atoms with van der Waals surface area (Å²) in [6, 6.07) is 6.03. The Kier molecular flexibility index (Phi) is 4.95. The maximum atomic E-state index is 5.26. The molecule has 0 radical (unpaired) electrons. The molecule has 0 spiro atoms. The fourth-order valence-corrected chi connectivity index (χ4v) is 2.21. The molecule has 2 nitrogen and oxygen atoms in total. The second-order valence-corrected chi connectivity index (χ2v) is 4.48. The summed E-state index contributed by atoms with van der Waals surface area (Å²) >= 11 is 3.66. The number of alkyl halides is 1. The third kappa shape index (κ3) is 3.13. The van der Waals surface area contributed by atoms with Gasteiger partial charge in [0.1, 0.15) is 0 Å². The van der Waals surface area contributed by atoms with Crippen LogP contribution in [0.25, 0.3) is 0 Å². The van der Waals surface area contributed by atoms with Gasteiger partial charge in [-0.1, -0.05) is 35.3 Å². The van der Waals surface area contributed by atoms with Crippen molar-refractivity contribution >= 4 is 15.9 Å². The van der Waals surface area contributed by atoms with E-state index in [-0.39, 0.29) is 0 Å². The Morgan fingerprint density at radius 1 is 1.20 bits per heavy atom. The van der Waals surface area contributed by atoms with Crippen LogP contribution >= 0.6 is 15.9 Å². The van der Waals surface area contributed by atoms with E-state index in [1.165, 1.54) is 5.56 Å². The van der Waals surface area contributed by atoms with Crippen LogP contribution in [-0.4, -0.2) is 14.2 Å². The monoisotopic (exact) mass is 272 g/mol. The minimum Gasteiger partial charge on any atom is -0.493 e. The van der Waals surface area contributed by atoms with E-state index >= 15 is 0 Å². The summed E-state index contributed by atoms with van der Waals surface area (Å²) in [5.74, 6) is 1.56. The van der Waals surface area contributed by atoms with Gasteiger partial charge in [0.25, 0.3) is 0 Å². The highest BCUT2D eigenvalue weighted by atomic mass is 79.9. The van der Waals surface area contributed by atoms with Crippen molar-refractivity contribution in [1.82, 2.24) is 0 Å². The molecule has 15 heavy (non-hydrogen) atoms. The molecule has 1 rings (SSSR count). The van der Waals surface area contributed by atoms with Crippen LogP contribution in [0.5, 0.6) is 11.5 Å². The van der Waals surface area contributed by atoms with Gasteiger partial charge in [0.05, 0.1) is 14.2 Å². The zero-order valence-electron chi connectivity index (χ0n) is 9.42. The molecule has 1 aromatic rings. The maximum Gasteiger partial charge on any atom is 0.161 e. The average Bonchev–Trinajstić information content (AvgIpc) is 2.28. The van der Waals surface area contributed by atoms with E-state index < -0.39 is 0 Å². The molecule has 0 aromatic heterocycles. The van der Waals surface area contributed by atoms with E-state index in [9.17, 15) is 0 Å². The van der Waals surface area contributed by atoms with E-state index in [0.717, 1.165) is 24.3 Å². The zero-order chi connectivity index (χ0) is 11.3. The van der Waals surface area contributed by atoms with Crippen molar-refractivity contribution in [3.8, 4) is 11.5 Å². The molecule has 0 heterocycles. The molecule has 0 aliphatic rings. The minimum atomic E-state index is 0.391. The van der Waals surface area contributed by atoms with Gasteiger partial charge in [0.2, 0.25) is 0 Å². The van der Waals surface area contributed by atoms with E-state index in [0.29, 0.717) is 4.83 Å². The number of benzene rings is 1. The number of rotatable bonds is 5. The minimum absolute atomic E-state index is 0.391. The van der Waals surface area contributed by atoms with Gasteiger partial charge >= 0.3 is 0 Å². The van der Waals surface area contributed by atoms with Gasteiger partial charge in [-0.2, -0.15) is 0 Å². The number of ether oxygens (including phenoxy) is 2. The first-order chi connectivity index (χ1) is 7.22. The molecular weight excluding hydrogens is 256 g/mol. The summed E-state index contributed by atoms with van der Waals surface area (Å²) in [6.07, 6.45) is 2.28. The Bertz CT molecular complexity index is 312. The molecule has 0 saturated heterocycles. The lowest BCUT2D eigenvalue weighted by Crippen LogP contribution is -1.94. The molecule has 1 aromatic carbocycles. The van der Waals surface area contributed by atoms with Crippen molar-refractivity contribution in [2.45, 2.75) is 24.6 Å². The van der Waals surface area contributed by atoms with Crippen LogP contribution in [0.4, 0.5) is 0 Å². The summed E-state index contributed by atoms with van der Waals surface area (Å²) < 4.78 is 10.4. The smallest absolute Gasteiger partial charge is 0.161 e. The lowest BCUT2D eigenvalue weighted by molar-refractivity contribution is 0.354. The summed E-state index contributed by atoms with van der Waals surface area (Å²) in [7, 11) is 3.31. The molecule has 0 bridgehead atoms. The number of hydrogen-bond donors (Lipinski definition) is 0. The maximum absolute atomic E-state index is 5.26. The lowest BCUT2D eigenvalue weighted by Gasteiger charge is -2.12. The van der Waals surface area contributed by atoms with E-state index in [1.54, 1.807) is 14.2 Å². The van der Waals surface area contributed by atoms with Crippen molar-refractivity contribution in [3.63, 3.8) is 0 Å². The molecule has 1 unspecified atom stereocenters. The summed E-state index contributed by atoms with van der Waals surface area (Å²) in [5.41, 5.74) is 1.23. The van der Waals surface area contributed by atoms with Crippen LogP contribution in [0.15, 0.2) is 18.2 Å². The van der Waals surface area contributed by atoms with E-state index in [1.807, 2.05) is 12.1 Å². The summed E-state index contributed by atoms with van der Waals surface area (Å²) in [4.78, 5) is 0.391. The van der Waals surface area contributed by atoms with Gasteiger partial charge in [0, 0.05) is 4.83 Å². The first-order valence-electron chi connectivity index (χ1n) is 5.09. The highest BCUT2D eigenvalue weighted by Gasteiger charge is 2.10. The van der Waals surface area contributed by atoms with Crippen molar-refractivity contribution in [1.29, 1.82) is 0 Å². The van der Waals surface area contributed by atoms with Crippen LogP contribution in [0.2, 0.25) is 0 Å². The van der Waals surface area contributed by atoms with Gasteiger partial charge in [-0.05, 0) is 24.1 Å². The highest BCUT2D eigenvalue weighted by Crippen LogP contribution is 2.34. The largest absolute Gasteiger partial charge is 0.493 e. The first-order valence-corrected chi connectivity index (χ1v) is 6.00. The number of halogens is 1. The Labute approximate surface area is 99.7 Å². The standard InChI is InChI=1S/C12H17BrO2/c1-4-5-10(13)9-6-7-11(14-2)12(8-9)15-3/h6-8,10H,4-5H2,1-3H3. The van der Waals surface area contributed by atoms with Gasteiger partial charge in [0.15, 0.2) is 11.5 Å². The normalized spacial score (nSPS) is 12.3. The fourth-order valence-electron chi connectivity index (χ4n) is 1.47. The highest BCUT2D eigenvalue weighted by molar-refractivity contribution is 9.09. The van der Waals surface area contributed by atoms with Gasteiger partial charge in [-0.25, -0.2) is 0 Å². The predicted molar refractivity (Wildman–Crippen MR) is 66.1 cm³/mol. The predicted octanol–water partition coefficient (Wildman–Crippen LogP) is 3.94. The fraction of sp³-hybridized carbons (Fsp3) is 0.500. The van der Waals surface area contributed by atoms with Crippen LogP contribution in [-0.2, 0) is 0 Å². The number of methoxy groups -OCH3 is 2. The molecule has 0 amide bonds. The topological polar surface area (TPSA) is 18.5 Å². The molecule has 0 aliphatic heterocycles. The number of hydrogen-bond acceptors (Lipinski definition) is 2. The molecule has 0 aliphatic carbocycles. The first kappa shape index (κ1) is 12.4. The Balaban J connectivity index is 2.92. The third-order valence-electron chi connectivity index (χ3n) is 2.31. The van der Waals surface area contributed by atoms with Crippen molar-refractivity contribution in [2.75, 3.05) is 14.2 Å². The van der Waals surface area contributed by atoms with Gasteiger partial charge in [-0.15, -0.1) is 0 Å². The third-order valence-corrected chi connectivity index (χ3v) is 3.30. The molecular formula is C12H17BrO2. The molecule has 1 atom stereocenters. The Morgan fingerprint density at radius 3 is 2.40 bits per heavy atom. The molecule has 84 valence electrons. The van der Waals surface area contributed by atoms with Crippen LogP contribution in [0.3, 0.4) is 0 Å². The second-order valence-electron chi connectivity index (χ2n) is 3.37. The molecule has 0 saturated carbocycles. The van der Waals surface area contributed by atoms with Gasteiger partial charge < -0.3 is 9.47 Å². The summed E-state index contributed by atoms with van der Waals surface area (Å²) in [5, 5.41) is 0.